The smallest absolute Gasteiger partial charge is 0.266 e. The van der Waals surface area contributed by atoms with E-state index in [0.717, 1.165) is 27.8 Å². The molecule has 0 bridgehead atoms. The van der Waals surface area contributed by atoms with Crippen molar-refractivity contribution in [1.82, 2.24) is 45.5 Å². The minimum absolute atomic E-state index is 0.491. The molecule has 0 aliphatic heterocycles. The van der Waals surface area contributed by atoms with E-state index in [1.165, 1.54) is 12.8 Å². The topological polar surface area (TPSA) is 155 Å². The molecule has 12 nitrogen and oxygen atoms in total. The highest BCUT2D eigenvalue weighted by atomic mass is 16.4. The first-order chi connectivity index (χ1) is 14.6. The third kappa shape index (κ3) is 4.22. The molecule has 0 amide bonds. The molecule has 0 atom stereocenters. The van der Waals surface area contributed by atoms with Gasteiger partial charge in [-0.25, -0.2) is 15.0 Å². The van der Waals surface area contributed by atoms with Crippen molar-refractivity contribution < 1.29 is 13.3 Å². The molecule has 0 aliphatic carbocycles. The van der Waals surface area contributed by atoms with Crippen LogP contribution < -0.4 is 0 Å². The SMILES string of the molecule is Cc1cc2ncoc2nn1.Cc1cnnc2ocnc12.Cc1nc2ccnnc2o1. The summed E-state index contributed by atoms with van der Waals surface area (Å²) in [4.78, 5) is 11.9. The molecule has 12 heteroatoms. The molecule has 30 heavy (non-hydrogen) atoms. The van der Waals surface area contributed by atoms with E-state index in [4.69, 9.17) is 13.3 Å². The van der Waals surface area contributed by atoms with Crippen LogP contribution in [0.2, 0.25) is 0 Å². The molecule has 6 rings (SSSR count). The Labute approximate surface area is 168 Å². The molecule has 0 saturated carbocycles. The first-order valence-electron chi connectivity index (χ1n) is 8.70. The Morgan fingerprint density at radius 3 is 2.40 bits per heavy atom. The fourth-order valence-corrected chi connectivity index (χ4v) is 2.39. The average Bonchev–Trinajstić information content (AvgIpc) is 3.47. The van der Waals surface area contributed by atoms with Crippen LogP contribution in [0.4, 0.5) is 0 Å². The number of hydrogen-bond acceptors (Lipinski definition) is 12. The minimum Gasteiger partial charge on any atom is -0.424 e. The van der Waals surface area contributed by atoms with Gasteiger partial charge in [-0.2, -0.15) is 15.3 Å². The summed E-state index contributed by atoms with van der Waals surface area (Å²) in [5.41, 5.74) is 5.63. The lowest BCUT2D eigenvalue weighted by atomic mass is 10.3. The zero-order valence-corrected chi connectivity index (χ0v) is 16.2. The monoisotopic (exact) mass is 405 g/mol. The zero-order chi connectivity index (χ0) is 20.9. The predicted octanol–water partition coefficient (Wildman–Crippen LogP) is 2.78. The standard InChI is InChI=1S/3C6H5N3O/c1-4-2-8-9-6-5(4)7-3-10-6;1-4-2-5-6(9-8-4)10-3-7-5;1-4-8-5-2-3-7-9-6(5)10-4/h3*2-3H,1H3. The van der Waals surface area contributed by atoms with E-state index in [1.807, 2.05) is 19.9 Å². The second-order valence-electron chi connectivity index (χ2n) is 6.02. The van der Waals surface area contributed by atoms with Gasteiger partial charge in [-0.3, -0.25) is 0 Å². The van der Waals surface area contributed by atoms with Crippen LogP contribution in [0.1, 0.15) is 17.1 Å². The first kappa shape index (κ1) is 19.0. The van der Waals surface area contributed by atoms with Crippen LogP contribution >= 0.6 is 0 Å². The van der Waals surface area contributed by atoms with Crippen LogP contribution in [-0.4, -0.2) is 45.5 Å². The van der Waals surface area contributed by atoms with Crippen molar-refractivity contribution in [3.8, 4) is 0 Å². The van der Waals surface area contributed by atoms with Gasteiger partial charge in [0.1, 0.15) is 16.6 Å². The van der Waals surface area contributed by atoms with Gasteiger partial charge in [0, 0.05) is 12.5 Å². The highest BCUT2D eigenvalue weighted by molar-refractivity contribution is 5.70. The number of aromatic nitrogens is 9. The average molecular weight is 405 g/mol. The van der Waals surface area contributed by atoms with E-state index in [0.29, 0.717) is 23.0 Å². The molecule has 150 valence electrons. The van der Waals surface area contributed by atoms with Crippen molar-refractivity contribution in [3.05, 3.63) is 54.5 Å². The summed E-state index contributed by atoms with van der Waals surface area (Å²) in [6, 6.07) is 3.59. The predicted molar refractivity (Wildman–Crippen MR) is 103 cm³/mol. The molecule has 0 unspecified atom stereocenters. The zero-order valence-electron chi connectivity index (χ0n) is 16.2. The van der Waals surface area contributed by atoms with E-state index in [1.54, 1.807) is 25.4 Å². The van der Waals surface area contributed by atoms with Crippen molar-refractivity contribution >= 4 is 33.7 Å². The molecule has 6 aromatic heterocycles. The number of rotatable bonds is 0. The van der Waals surface area contributed by atoms with Gasteiger partial charge in [-0.05, 0) is 26.0 Å². The second kappa shape index (κ2) is 8.34. The summed E-state index contributed by atoms with van der Waals surface area (Å²) in [5.74, 6) is 0.621. The molecular formula is C18H15N9O3. The molecule has 0 saturated heterocycles. The van der Waals surface area contributed by atoms with Crippen molar-refractivity contribution in [2.75, 3.05) is 0 Å². The van der Waals surface area contributed by atoms with Gasteiger partial charge >= 0.3 is 0 Å². The number of nitrogens with zero attached hydrogens (tertiary/aromatic N) is 9. The van der Waals surface area contributed by atoms with E-state index < -0.39 is 0 Å². The molecule has 0 fully saturated rings. The second-order valence-corrected chi connectivity index (χ2v) is 6.02. The third-order valence-electron chi connectivity index (χ3n) is 3.73. The molecule has 0 radical (unpaired) electrons. The lowest BCUT2D eigenvalue weighted by molar-refractivity contribution is 0.547. The van der Waals surface area contributed by atoms with Crippen LogP contribution in [0.5, 0.6) is 0 Å². The van der Waals surface area contributed by atoms with Gasteiger partial charge in [0.15, 0.2) is 18.7 Å². The summed E-state index contributed by atoms with van der Waals surface area (Å²) in [5, 5.41) is 22.3. The third-order valence-corrected chi connectivity index (χ3v) is 3.73. The number of oxazole rings is 3. The van der Waals surface area contributed by atoms with Gasteiger partial charge in [-0.1, -0.05) is 0 Å². The van der Waals surface area contributed by atoms with Gasteiger partial charge in [0.2, 0.25) is 0 Å². The van der Waals surface area contributed by atoms with Crippen LogP contribution in [0.3, 0.4) is 0 Å². The lowest BCUT2D eigenvalue weighted by Crippen LogP contribution is -1.84. The molecule has 6 heterocycles. The number of aryl methyl sites for hydroxylation is 3. The van der Waals surface area contributed by atoms with Crippen LogP contribution in [-0.2, 0) is 0 Å². The van der Waals surface area contributed by atoms with E-state index in [-0.39, 0.29) is 0 Å². The van der Waals surface area contributed by atoms with Gasteiger partial charge in [-0.15, -0.1) is 15.3 Å². The van der Waals surface area contributed by atoms with Gasteiger partial charge in [0.05, 0.1) is 18.1 Å². The van der Waals surface area contributed by atoms with E-state index in [2.05, 4.69) is 45.5 Å². The van der Waals surface area contributed by atoms with Crippen molar-refractivity contribution in [2.24, 2.45) is 0 Å². The van der Waals surface area contributed by atoms with Crippen LogP contribution in [0.15, 0.2) is 50.6 Å². The lowest BCUT2D eigenvalue weighted by Gasteiger charge is -1.86. The Kier molecular flexibility index (Phi) is 5.28. The molecule has 0 spiro atoms. The van der Waals surface area contributed by atoms with E-state index >= 15 is 0 Å². The fraction of sp³-hybridized carbons (Fsp3) is 0.167. The Morgan fingerprint density at radius 2 is 1.57 bits per heavy atom. The van der Waals surface area contributed by atoms with Gasteiger partial charge < -0.3 is 13.3 Å². The van der Waals surface area contributed by atoms with Crippen molar-refractivity contribution in [2.45, 2.75) is 20.8 Å². The highest BCUT2D eigenvalue weighted by Gasteiger charge is 2.01. The Balaban J connectivity index is 0.000000109. The van der Waals surface area contributed by atoms with Crippen LogP contribution in [0.25, 0.3) is 33.7 Å². The molecule has 6 aromatic rings. The molecule has 0 aliphatic rings. The molecule has 0 aromatic carbocycles. The summed E-state index contributed by atoms with van der Waals surface area (Å²) >= 11 is 0. The summed E-state index contributed by atoms with van der Waals surface area (Å²) < 4.78 is 14.9. The maximum absolute atomic E-state index is 5.08. The van der Waals surface area contributed by atoms with E-state index in [9.17, 15) is 0 Å². The Bertz CT molecular complexity index is 1370. The summed E-state index contributed by atoms with van der Waals surface area (Å²) in [6.07, 6.45) is 5.97. The number of fused-ring (bicyclic) bond motifs is 3. The fourth-order valence-electron chi connectivity index (χ4n) is 2.39. The van der Waals surface area contributed by atoms with Crippen molar-refractivity contribution in [3.63, 3.8) is 0 Å². The highest BCUT2D eigenvalue weighted by Crippen LogP contribution is 2.11. The maximum atomic E-state index is 5.08. The quantitative estimate of drug-likeness (QED) is 0.364. The largest absolute Gasteiger partial charge is 0.424 e. The number of hydrogen-bond donors (Lipinski definition) is 0. The molecule has 0 N–H and O–H groups in total. The summed E-state index contributed by atoms with van der Waals surface area (Å²) in [6.45, 7) is 5.56. The normalized spacial score (nSPS) is 10.5. The molecular weight excluding hydrogens is 390 g/mol. The summed E-state index contributed by atoms with van der Waals surface area (Å²) in [7, 11) is 0. The van der Waals surface area contributed by atoms with Crippen LogP contribution in [0, 0.1) is 20.8 Å². The Morgan fingerprint density at radius 1 is 0.767 bits per heavy atom. The Hall–Kier alpha value is -4.35. The van der Waals surface area contributed by atoms with Crippen molar-refractivity contribution in [1.29, 1.82) is 0 Å². The first-order valence-corrected chi connectivity index (χ1v) is 8.70. The van der Waals surface area contributed by atoms with Gasteiger partial charge in [0.25, 0.3) is 17.1 Å². The minimum atomic E-state index is 0.491. The maximum Gasteiger partial charge on any atom is 0.266 e.